The van der Waals surface area contributed by atoms with Crippen LogP contribution < -0.4 is 10.1 Å². The maximum absolute atomic E-state index is 11.4. The first-order valence-electron chi connectivity index (χ1n) is 4.92. The van der Waals surface area contributed by atoms with Crippen LogP contribution in [0.3, 0.4) is 0 Å². The molecule has 92 valence electrons. The minimum absolute atomic E-state index is 0.264. The lowest BCUT2D eigenvalue weighted by molar-refractivity contribution is -0.139. The number of aliphatic carboxylic acids is 1. The Morgan fingerprint density at radius 2 is 2.12 bits per heavy atom. The average Bonchev–Trinajstić information content (AvgIpc) is 2.26. The van der Waals surface area contributed by atoms with Crippen molar-refractivity contribution in [3.05, 3.63) is 24.3 Å². The molecule has 0 aliphatic carbocycles. The molecule has 0 unspecified atom stereocenters. The zero-order valence-corrected chi connectivity index (χ0v) is 9.64. The van der Waals surface area contributed by atoms with E-state index in [1.165, 1.54) is 4.90 Å². The summed E-state index contributed by atoms with van der Waals surface area (Å²) in [5.41, 5.74) is 0.548. The number of rotatable bonds is 4. The SMILES string of the molecule is CN(C)C(=O)Nc1cccc(OCC(=O)O)c1. The quantitative estimate of drug-likeness (QED) is 0.827. The molecule has 2 N–H and O–H groups in total. The molecule has 6 nitrogen and oxygen atoms in total. The van der Waals surface area contributed by atoms with Crippen molar-refractivity contribution >= 4 is 17.7 Å². The van der Waals surface area contributed by atoms with Crippen molar-refractivity contribution in [3.8, 4) is 5.75 Å². The largest absolute Gasteiger partial charge is 0.482 e. The summed E-state index contributed by atoms with van der Waals surface area (Å²) in [4.78, 5) is 23.1. The molecule has 0 heterocycles. The Morgan fingerprint density at radius 1 is 1.41 bits per heavy atom. The third-order valence-electron chi connectivity index (χ3n) is 1.85. The predicted octanol–water partition coefficient (Wildman–Crippen LogP) is 1.24. The molecule has 0 atom stereocenters. The van der Waals surface area contributed by atoms with Gasteiger partial charge in [-0.3, -0.25) is 0 Å². The second-order valence-electron chi connectivity index (χ2n) is 3.53. The van der Waals surface area contributed by atoms with Crippen molar-refractivity contribution in [1.29, 1.82) is 0 Å². The molecule has 1 aromatic rings. The molecular formula is C11H14N2O4. The number of amides is 2. The molecule has 0 radical (unpaired) electrons. The summed E-state index contributed by atoms with van der Waals surface area (Å²) in [6, 6.07) is 6.27. The Hall–Kier alpha value is -2.24. The van der Waals surface area contributed by atoms with E-state index in [-0.39, 0.29) is 6.03 Å². The van der Waals surface area contributed by atoms with E-state index < -0.39 is 12.6 Å². The molecule has 0 spiro atoms. The summed E-state index contributed by atoms with van der Waals surface area (Å²) >= 11 is 0. The summed E-state index contributed by atoms with van der Waals surface area (Å²) < 4.78 is 4.99. The van der Waals surface area contributed by atoms with E-state index in [9.17, 15) is 9.59 Å². The Morgan fingerprint density at radius 3 is 2.71 bits per heavy atom. The lowest BCUT2D eigenvalue weighted by atomic mass is 10.3. The van der Waals surface area contributed by atoms with E-state index in [0.29, 0.717) is 11.4 Å². The number of hydrogen-bond donors (Lipinski definition) is 2. The molecule has 0 saturated heterocycles. The van der Waals surface area contributed by atoms with Gasteiger partial charge in [-0.25, -0.2) is 9.59 Å². The van der Waals surface area contributed by atoms with E-state index in [1.807, 2.05) is 0 Å². The van der Waals surface area contributed by atoms with Crippen LogP contribution in [-0.4, -0.2) is 42.7 Å². The number of nitrogens with one attached hydrogen (secondary N) is 1. The van der Waals surface area contributed by atoms with Crippen LogP contribution in [0.1, 0.15) is 0 Å². The van der Waals surface area contributed by atoms with Crippen molar-refractivity contribution in [2.45, 2.75) is 0 Å². The van der Waals surface area contributed by atoms with Gasteiger partial charge >= 0.3 is 12.0 Å². The van der Waals surface area contributed by atoms with Gasteiger partial charge in [0.2, 0.25) is 0 Å². The predicted molar refractivity (Wildman–Crippen MR) is 62.3 cm³/mol. The number of nitrogens with zero attached hydrogens (tertiary/aromatic N) is 1. The zero-order valence-electron chi connectivity index (χ0n) is 9.64. The number of anilines is 1. The number of carboxylic acids is 1. The molecule has 6 heteroatoms. The van der Waals surface area contributed by atoms with Crippen LogP contribution in [0.15, 0.2) is 24.3 Å². The second-order valence-corrected chi connectivity index (χ2v) is 3.53. The number of benzene rings is 1. The van der Waals surface area contributed by atoms with Crippen LogP contribution in [0, 0.1) is 0 Å². The highest BCUT2D eigenvalue weighted by Crippen LogP contribution is 2.17. The van der Waals surface area contributed by atoms with Gasteiger partial charge < -0.3 is 20.1 Å². The smallest absolute Gasteiger partial charge is 0.341 e. The Kier molecular flexibility index (Phi) is 4.33. The van der Waals surface area contributed by atoms with E-state index in [4.69, 9.17) is 9.84 Å². The first-order chi connectivity index (χ1) is 7.99. The van der Waals surface area contributed by atoms with E-state index in [0.717, 1.165) is 0 Å². The zero-order chi connectivity index (χ0) is 12.8. The van der Waals surface area contributed by atoms with Crippen LogP contribution >= 0.6 is 0 Å². The van der Waals surface area contributed by atoms with Gasteiger partial charge in [0.05, 0.1) is 0 Å². The maximum atomic E-state index is 11.4. The van der Waals surface area contributed by atoms with Gasteiger partial charge in [-0.1, -0.05) is 6.07 Å². The minimum Gasteiger partial charge on any atom is -0.482 e. The highest BCUT2D eigenvalue weighted by Gasteiger charge is 2.05. The fourth-order valence-electron chi connectivity index (χ4n) is 1.04. The normalized spacial score (nSPS) is 9.53. The summed E-state index contributed by atoms with van der Waals surface area (Å²) in [7, 11) is 3.25. The van der Waals surface area contributed by atoms with E-state index in [2.05, 4.69) is 5.32 Å². The van der Waals surface area contributed by atoms with Gasteiger partial charge in [0.15, 0.2) is 6.61 Å². The first-order valence-corrected chi connectivity index (χ1v) is 4.92. The third kappa shape index (κ3) is 4.42. The molecule has 0 fully saturated rings. The standard InChI is InChI=1S/C11H14N2O4/c1-13(2)11(16)12-8-4-3-5-9(6-8)17-7-10(14)15/h3-6H,7H2,1-2H3,(H,12,16)(H,14,15). The molecule has 17 heavy (non-hydrogen) atoms. The molecule has 2 amide bonds. The fourth-order valence-corrected chi connectivity index (χ4v) is 1.04. The molecule has 0 aliphatic rings. The molecule has 0 bridgehead atoms. The molecular weight excluding hydrogens is 224 g/mol. The van der Waals surface area contributed by atoms with Crippen LogP contribution in [0.25, 0.3) is 0 Å². The van der Waals surface area contributed by atoms with Crippen LogP contribution in [-0.2, 0) is 4.79 Å². The summed E-state index contributed by atoms with van der Waals surface area (Å²) in [5, 5.41) is 11.1. The van der Waals surface area contributed by atoms with Crippen molar-refractivity contribution in [2.75, 3.05) is 26.0 Å². The van der Waals surface area contributed by atoms with E-state index >= 15 is 0 Å². The van der Waals surface area contributed by atoms with Crippen molar-refractivity contribution in [2.24, 2.45) is 0 Å². The summed E-state index contributed by atoms with van der Waals surface area (Å²) in [6.45, 7) is -0.412. The summed E-state index contributed by atoms with van der Waals surface area (Å²) in [6.07, 6.45) is 0. The van der Waals surface area contributed by atoms with Gasteiger partial charge in [0, 0.05) is 25.8 Å². The van der Waals surface area contributed by atoms with E-state index in [1.54, 1.807) is 38.4 Å². The third-order valence-corrected chi connectivity index (χ3v) is 1.85. The second kappa shape index (κ2) is 5.74. The fraction of sp³-hybridized carbons (Fsp3) is 0.273. The average molecular weight is 238 g/mol. The highest BCUT2D eigenvalue weighted by atomic mass is 16.5. The number of hydrogen-bond acceptors (Lipinski definition) is 3. The van der Waals surface area contributed by atoms with Crippen LogP contribution in [0.2, 0.25) is 0 Å². The topological polar surface area (TPSA) is 78.9 Å². The van der Waals surface area contributed by atoms with Gasteiger partial charge in [-0.05, 0) is 12.1 Å². The lowest BCUT2D eigenvalue weighted by Crippen LogP contribution is -2.27. The Labute approximate surface area is 98.8 Å². The van der Waals surface area contributed by atoms with Crippen LogP contribution in [0.4, 0.5) is 10.5 Å². The number of carbonyl (C=O) groups is 2. The maximum Gasteiger partial charge on any atom is 0.341 e. The summed E-state index contributed by atoms with van der Waals surface area (Å²) in [5.74, 6) is -0.656. The molecule has 1 rings (SSSR count). The number of ether oxygens (including phenoxy) is 1. The minimum atomic E-state index is -1.05. The highest BCUT2D eigenvalue weighted by molar-refractivity contribution is 5.89. The van der Waals surface area contributed by atoms with Crippen LogP contribution in [0.5, 0.6) is 5.75 Å². The number of carboxylic acid groups (broad SMARTS) is 1. The van der Waals surface area contributed by atoms with Crippen molar-refractivity contribution in [1.82, 2.24) is 4.90 Å². The molecule has 0 aromatic heterocycles. The van der Waals surface area contributed by atoms with Crippen molar-refractivity contribution in [3.63, 3.8) is 0 Å². The van der Waals surface area contributed by atoms with Gasteiger partial charge in [-0.2, -0.15) is 0 Å². The number of carbonyl (C=O) groups excluding carboxylic acids is 1. The monoisotopic (exact) mass is 238 g/mol. The Bertz CT molecular complexity index is 418. The lowest BCUT2D eigenvalue weighted by Gasteiger charge is -2.12. The molecule has 1 aromatic carbocycles. The first kappa shape index (κ1) is 12.8. The van der Waals surface area contributed by atoms with Gasteiger partial charge in [-0.15, -0.1) is 0 Å². The van der Waals surface area contributed by atoms with Gasteiger partial charge in [0.1, 0.15) is 5.75 Å². The van der Waals surface area contributed by atoms with Gasteiger partial charge in [0.25, 0.3) is 0 Å². The molecule has 0 aliphatic heterocycles. The number of urea groups is 1. The van der Waals surface area contributed by atoms with Crippen molar-refractivity contribution < 1.29 is 19.4 Å². The molecule has 0 saturated carbocycles. The Balaban J connectivity index is 2.65.